The van der Waals surface area contributed by atoms with E-state index in [2.05, 4.69) is 26.3 Å². The second-order valence-corrected chi connectivity index (χ2v) is 14.8. The van der Waals surface area contributed by atoms with Crippen molar-refractivity contribution in [2.24, 2.45) is 22.0 Å². The van der Waals surface area contributed by atoms with E-state index in [0.29, 0.717) is 48.9 Å². The first-order chi connectivity index (χ1) is 28.3. The molecule has 4 aliphatic heterocycles. The number of anilines is 4. The zero-order chi connectivity index (χ0) is 42.2. The first kappa shape index (κ1) is 42.6. The molecular formula is C38H45ClF2N10O8. The molecule has 2 atom stereocenters. The molecule has 2 saturated carbocycles. The third kappa shape index (κ3) is 11.5. The lowest BCUT2D eigenvalue weighted by atomic mass is 10.2. The highest BCUT2D eigenvalue weighted by atomic mass is 35.5. The molecule has 4 heterocycles. The van der Waals surface area contributed by atoms with Crippen LogP contribution in [0, 0.1) is 23.5 Å². The SMILES string of the molecule is CC(=O)NC[C@H]1CN(c2ccc(N3C=NN(C(=O)C4CC4)CC3)c(F)c2)C(=O)O1.CC(=O)NC[C@H]1CN(c2ccc(N3C=NNCC3)c(F)c2)C(=O)O1.O=C(Cl)C1CC1. The number of halogens is 3. The number of nitrogens with zero attached hydrogens (tertiary/aromatic N) is 7. The van der Waals surface area contributed by atoms with Crippen molar-refractivity contribution in [2.75, 3.05) is 72.0 Å². The maximum absolute atomic E-state index is 14.7. The number of benzene rings is 2. The lowest BCUT2D eigenvalue weighted by Crippen LogP contribution is -2.41. The minimum atomic E-state index is -0.582. The highest BCUT2D eigenvalue weighted by Crippen LogP contribution is 2.33. The van der Waals surface area contributed by atoms with Gasteiger partial charge in [-0.3, -0.25) is 29.0 Å². The zero-order valence-electron chi connectivity index (χ0n) is 32.4. The molecule has 2 saturated heterocycles. The zero-order valence-corrected chi connectivity index (χ0v) is 33.2. The van der Waals surface area contributed by atoms with Gasteiger partial charge in [-0.15, -0.1) is 0 Å². The van der Waals surface area contributed by atoms with Gasteiger partial charge in [-0.2, -0.15) is 10.2 Å². The van der Waals surface area contributed by atoms with E-state index in [0.717, 1.165) is 25.7 Å². The van der Waals surface area contributed by atoms with E-state index in [1.807, 2.05) is 0 Å². The normalized spacial score (nSPS) is 20.7. The number of ether oxygens (including phenoxy) is 2. The summed E-state index contributed by atoms with van der Waals surface area (Å²) < 4.78 is 39.5. The van der Waals surface area contributed by atoms with Gasteiger partial charge in [0.1, 0.15) is 36.5 Å². The van der Waals surface area contributed by atoms with Crippen LogP contribution in [0.4, 0.5) is 41.1 Å². The number of rotatable bonds is 10. The second-order valence-electron chi connectivity index (χ2n) is 14.5. The van der Waals surface area contributed by atoms with Gasteiger partial charge in [0.25, 0.3) is 0 Å². The van der Waals surface area contributed by atoms with Gasteiger partial charge < -0.3 is 35.3 Å². The van der Waals surface area contributed by atoms with E-state index in [9.17, 15) is 37.5 Å². The van der Waals surface area contributed by atoms with Crippen LogP contribution >= 0.6 is 11.6 Å². The molecule has 5 amide bonds. The lowest BCUT2D eigenvalue weighted by Gasteiger charge is -2.29. The average Bonchev–Trinajstić information content (AvgIpc) is 4.16. The van der Waals surface area contributed by atoms with Crippen LogP contribution in [0.1, 0.15) is 39.5 Å². The molecule has 2 aromatic carbocycles. The molecule has 0 spiro atoms. The number of nitrogens with one attached hydrogen (secondary N) is 3. The Bertz CT molecular complexity index is 2000. The third-order valence-electron chi connectivity index (χ3n) is 9.73. The van der Waals surface area contributed by atoms with Crippen molar-refractivity contribution in [3.05, 3.63) is 48.0 Å². The predicted molar refractivity (Wildman–Crippen MR) is 213 cm³/mol. The van der Waals surface area contributed by atoms with Crippen molar-refractivity contribution in [2.45, 2.75) is 51.7 Å². The smallest absolute Gasteiger partial charge is 0.414 e. The quantitative estimate of drug-likeness (QED) is 0.297. The first-order valence-electron chi connectivity index (χ1n) is 19.2. The van der Waals surface area contributed by atoms with Gasteiger partial charge in [0.05, 0.1) is 62.0 Å². The van der Waals surface area contributed by atoms with E-state index < -0.39 is 36.0 Å². The van der Waals surface area contributed by atoms with Crippen LogP contribution in [-0.2, 0) is 28.7 Å². The largest absolute Gasteiger partial charge is 0.442 e. The fraction of sp³-hybridized carbons (Fsp3) is 0.474. The molecule has 3 N–H and O–H groups in total. The maximum Gasteiger partial charge on any atom is 0.414 e. The summed E-state index contributed by atoms with van der Waals surface area (Å²) in [4.78, 5) is 74.0. The van der Waals surface area contributed by atoms with E-state index in [4.69, 9.17) is 21.1 Å². The van der Waals surface area contributed by atoms with Crippen molar-refractivity contribution in [3.63, 3.8) is 0 Å². The number of hydrazone groups is 2. The number of amides is 5. The first-order valence-corrected chi connectivity index (χ1v) is 19.5. The van der Waals surface area contributed by atoms with Gasteiger partial charge in [-0.05, 0) is 73.7 Å². The van der Waals surface area contributed by atoms with Gasteiger partial charge in [0.2, 0.25) is 23.0 Å². The van der Waals surface area contributed by atoms with Crippen LogP contribution in [0.2, 0.25) is 0 Å². The molecule has 0 aromatic heterocycles. The van der Waals surface area contributed by atoms with E-state index in [-0.39, 0.29) is 61.0 Å². The van der Waals surface area contributed by atoms with Crippen molar-refractivity contribution in [3.8, 4) is 0 Å². The van der Waals surface area contributed by atoms with E-state index in [1.54, 1.807) is 34.1 Å². The Morgan fingerprint density at radius 3 is 1.64 bits per heavy atom. The Kier molecular flexibility index (Phi) is 13.8. The van der Waals surface area contributed by atoms with Crippen molar-refractivity contribution < 1.29 is 47.0 Å². The van der Waals surface area contributed by atoms with Crippen molar-refractivity contribution in [1.29, 1.82) is 0 Å². The lowest BCUT2D eigenvalue weighted by molar-refractivity contribution is -0.132. The highest BCUT2D eigenvalue weighted by Gasteiger charge is 2.36. The fourth-order valence-corrected chi connectivity index (χ4v) is 6.43. The Labute approximate surface area is 343 Å². The van der Waals surface area contributed by atoms with E-state index >= 15 is 0 Å². The van der Waals surface area contributed by atoms with Crippen LogP contribution in [0.15, 0.2) is 46.6 Å². The Hall–Kier alpha value is -6.05. The standard InChI is InChI=1S/C19H22FN5O4.C15H18FN5O3.C4H5ClO/c1-12(26)21-9-15-10-24(19(28)29-15)14-4-5-17(16(20)8-14)23-6-7-25(22-11-23)18(27)13-2-3-13;1-10(22)17-7-12-8-21(15(23)24-12)11-2-3-14(13(16)6-11)20-5-4-18-19-9-20;5-4(6)3-1-2-3/h4-5,8,11,13,15H,2-3,6-7,9-10H2,1H3,(H,21,26);2-3,6,9,12,18H,4-5,7-8H2,1H3,(H,17,22);3H,1-2H2/t15-;12-;/m00./s1. The van der Waals surface area contributed by atoms with Crippen molar-refractivity contribution >= 4 is 82.2 Å². The molecule has 2 aliphatic carbocycles. The number of carbonyl (C=O) groups excluding carboxylic acids is 6. The molecule has 0 bridgehead atoms. The van der Waals surface area contributed by atoms with Gasteiger partial charge in [0.15, 0.2) is 0 Å². The molecule has 6 aliphatic rings. The van der Waals surface area contributed by atoms with Gasteiger partial charge in [-0.1, -0.05) is 0 Å². The third-order valence-corrected chi connectivity index (χ3v) is 10.0. The number of hydrogen-bond donors (Lipinski definition) is 3. The summed E-state index contributed by atoms with van der Waals surface area (Å²) in [5.74, 6) is -1.02. The number of hydrogen-bond acceptors (Lipinski definition) is 13. The van der Waals surface area contributed by atoms with Crippen LogP contribution in [0.25, 0.3) is 0 Å². The summed E-state index contributed by atoms with van der Waals surface area (Å²) in [5.41, 5.74) is 4.30. The summed E-state index contributed by atoms with van der Waals surface area (Å²) in [7, 11) is 0. The molecule has 18 nitrogen and oxygen atoms in total. The molecule has 4 fully saturated rings. The molecule has 8 rings (SSSR count). The van der Waals surface area contributed by atoms with E-state index in [1.165, 1.54) is 53.5 Å². The van der Waals surface area contributed by atoms with Crippen LogP contribution in [0.5, 0.6) is 0 Å². The van der Waals surface area contributed by atoms with Crippen LogP contribution < -0.4 is 35.7 Å². The van der Waals surface area contributed by atoms with Crippen LogP contribution in [0.3, 0.4) is 0 Å². The van der Waals surface area contributed by atoms with Crippen LogP contribution in [-0.4, -0.2) is 117 Å². The Morgan fingerprint density at radius 1 is 0.763 bits per heavy atom. The molecule has 59 heavy (non-hydrogen) atoms. The number of carbonyl (C=O) groups is 6. The fourth-order valence-electron chi connectivity index (χ4n) is 6.22. The Balaban J connectivity index is 0.000000176. The monoisotopic (exact) mass is 842 g/mol. The summed E-state index contributed by atoms with van der Waals surface area (Å²) in [6.45, 7) is 5.75. The van der Waals surface area contributed by atoms with Gasteiger partial charge in [-0.25, -0.2) is 23.4 Å². The molecule has 0 unspecified atom stereocenters. The van der Waals surface area contributed by atoms with Crippen molar-refractivity contribution in [1.82, 2.24) is 21.1 Å². The minimum absolute atomic E-state index is 0.0260. The number of cyclic esters (lactones) is 2. The molecule has 0 radical (unpaired) electrons. The topological polar surface area (TPSA) is 198 Å². The predicted octanol–water partition coefficient (Wildman–Crippen LogP) is 3.09. The summed E-state index contributed by atoms with van der Waals surface area (Å²) in [6.07, 6.45) is 4.75. The molecule has 2 aromatic rings. The summed E-state index contributed by atoms with van der Waals surface area (Å²) in [6, 6.07) is 9.05. The molecule has 21 heteroatoms. The minimum Gasteiger partial charge on any atom is -0.442 e. The molecular weight excluding hydrogens is 798 g/mol. The van der Waals surface area contributed by atoms with Gasteiger partial charge >= 0.3 is 12.2 Å². The maximum atomic E-state index is 14.7. The summed E-state index contributed by atoms with van der Waals surface area (Å²) >= 11 is 5.04. The average molecular weight is 843 g/mol. The van der Waals surface area contributed by atoms with Gasteiger partial charge in [0, 0.05) is 38.8 Å². The molecule has 316 valence electrons. The summed E-state index contributed by atoms with van der Waals surface area (Å²) in [5, 5.41) is 14.5. The second kappa shape index (κ2) is 19.1. The Morgan fingerprint density at radius 2 is 1.27 bits per heavy atom. The highest BCUT2D eigenvalue weighted by molar-refractivity contribution is 6.64.